The molecule has 8 N–H and O–H groups in total. The molecule has 5 aliphatic rings. The first-order chi connectivity index (χ1) is 35.5. The number of unbranched alkanes of at least 4 members (excludes halogenated alkanes) is 7. The van der Waals surface area contributed by atoms with E-state index in [4.69, 9.17) is 9.84 Å². The monoisotopic (exact) mass is 1030 g/mol. The first kappa shape index (κ1) is 56.6. The molecule has 16 nitrogen and oxygen atoms in total. The Bertz CT molecular complexity index is 2260. The van der Waals surface area contributed by atoms with Gasteiger partial charge in [-0.1, -0.05) is 87.1 Å². The lowest BCUT2D eigenvalue weighted by Crippen LogP contribution is -2.67. The van der Waals surface area contributed by atoms with E-state index in [1.54, 1.807) is 0 Å². The Morgan fingerprint density at radius 1 is 0.703 bits per heavy atom. The second kappa shape index (κ2) is 26.1. The van der Waals surface area contributed by atoms with Crippen molar-refractivity contribution in [3.05, 3.63) is 95.1 Å². The van der Waals surface area contributed by atoms with E-state index in [2.05, 4.69) is 52.3 Å². The average Bonchev–Trinajstić information content (AvgIpc) is 3.41. The number of anilines is 1. The summed E-state index contributed by atoms with van der Waals surface area (Å²) in [5.41, 5.74) is 4.27. The number of likely N-dealkylation sites (tertiary alicyclic amines) is 1. The van der Waals surface area contributed by atoms with Crippen molar-refractivity contribution in [3.63, 3.8) is 0 Å². The number of aliphatic hydroxyl groups is 5. The predicted octanol–water partition coefficient (Wildman–Crippen LogP) is 6.14. The second-order valence-electron chi connectivity index (χ2n) is 22.9. The number of nitrogens with zero attached hydrogens (tertiary/aromatic N) is 3. The highest BCUT2D eigenvalue weighted by Crippen LogP contribution is 2.57. The number of aliphatic hydroxyl groups excluding tert-OH is 5. The van der Waals surface area contributed by atoms with Gasteiger partial charge >= 0.3 is 6.03 Å². The highest BCUT2D eigenvalue weighted by molar-refractivity contribution is 6.06. The van der Waals surface area contributed by atoms with Gasteiger partial charge in [0.15, 0.2) is 0 Å². The van der Waals surface area contributed by atoms with Crippen LogP contribution in [0.3, 0.4) is 0 Å². The lowest BCUT2D eigenvalue weighted by molar-refractivity contribution is -0.955. The predicted molar refractivity (Wildman–Crippen MR) is 283 cm³/mol. The molecular weight excluding hydrogens is 941 g/mol. The lowest BCUT2D eigenvalue weighted by atomic mass is 9.62. The Kier molecular flexibility index (Phi) is 20.0. The molecule has 5 atom stereocenters. The van der Waals surface area contributed by atoms with Crippen molar-refractivity contribution in [2.24, 2.45) is 11.3 Å². The Labute approximate surface area is 438 Å². The maximum absolute atomic E-state index is 14.4. The zero-order chi connectivity index (χ0) is 52.9. The van der Waals surface area contributed by atoms with E-state index in [-0.39, 0.29) is 48.3 Å². The van der Waals surface area contributed by atoms with Crippen molar-refractivity contribution < 1.29 is 53.9 Å². The number of hydrogen-bond donors (Lipinski definition) is 8. The SMILES string of the molecule is CC(C)(C)NC(=O)N1CCC2(CC1)C(=O)N(c1ccc(CNC(=O)CCCCCCCCCCC(=O)NC[C@H](O)[C@@H](O)[C@H](O)[C@H](O)CO)cc1)C2c1ccc(OCc2ccc(C[N+]34CCC(CC3)CC4)cc2)cc1. The number of benzene rings is 3. The molecular formula is C58H85N6O10+. The molecule has 0 aromatic heterocycles. The topological polar surface area (TPSA) is 221 Å². The van der Waals surface area contributed by atoms with Gasteiger partial charge in [-0.25, -0.2) is 4.79 Å². The van der Waals surface area contributed by atoms with Crippen LogP contribution in [0, 0.1) is 11.3 Å². The third-order valence-electron chi connectivity index (χ3n) is 16.1. The van der Waals surface area contributed by atoms with Gasteiger partial charge in [0, 0.05) is 55.8 Å². The maximum atomic E-state index is 14.4. The van der Waals surface area contributed by atoms with E-state index >= 15 is 0 Å². The number of carbonyl (C=O) groups excluding carboxylic acids is 4. The number of quaternary nitrogens is 1. The smallest absolute Gasteiger partial charge is 0.317 e. The van der Waals surface area contributed by atoms with Crippen LogP contribution >= 0.6 is 0 Å². The molecule has 5 fully saturated rings. The van der Waals surface area contributed by atoms with E-state index in [1.807, 2.05) is 67.0 Å². The zero-order valence-electron chi connectivity index (χ0n) is 44.2. The molecule has 3 aromatic rings. The fourth-order valence-corrected chi connectivity index (χ4v) is 11.5. The minimum absolute atomic E-state index is 0.00317. The second-order valence-corrected chi connectivity index (χ2v) is 22.9. The largest absolute Gasteiger partial charge is 0.489 e. The van der Waals surface area contributed by atoms with Gasteiger partial charge in [-0.05, 0) is 113 Å². The summed E-state index contributed by atoms with van der Waals surface area (Å²) < 4.78 is 7.55. The highest BCUT2D eigenvalue weighted by Gasteiger charge is 2.62. The molecule has 2 bridgehead atoms. The molecule has 406 valence electrons. The van der Waals surface area contributed by atoms with E-state index in [0.717, 1.165) is 85.5 Å². The van der Waals surface area contributed by atoms with Crippen molar-refractivity contribution in [1.82, 2.24) is 20.9 Å². The number of rotatable bonds is 26. The van der Waals surface area contributed by atoms with Crippen LogP contribution in [0.5, 0.6) is 5.75 Å². The number of nitrogens with one attached hydrogen (secondary N) is 3. The van der Waals surface area contributed by atoms with Crippen LogP contribution in [0.15, 0.2) is 72.8 Å². The van der Waals surface area contributed by atoms with Crippen LogP contribution < -0.4 is 25.6 Å². The van der Waals surface area contributed by atoms with Gasteiger partial charge in [0.2, 0.25) is 17.7 Å². The van der Waals surface area contributed by atoms with Crippen LogP contribution in [-0.4, -0.2) is 134 Å². The van der Waals surface area contributed by atoms with Crippen molar-refractivity contribution in [1.29, 1.82) is 0 Å². The van der Waals surface area contributed by atoms with Gasteiger partial charge in [-0.15, -0.1) is 0 Å². The normalized spacial score (nSPS) is 21.9. The first-order valence-electron chi connectivity index (χ1n) is 27.5. The van der Waals surface area contributed by atoms with Gasteiger partial charge in [-0.3, -0.25) is 14.4 Å². The minimum atomic E-state index is -1.73. The van der Waals surface area contributed by atoms with Crippen LogP contribution in [0.2, 0.25) is 0 Å². The Morgan fingerprint density at radius 2 is 1.23 bits per heavy atom. The molecule has 1 spiro atoms. The van der Waals surface area contributed by atoms with Crippen LogP contribution in [0.1, 0.15) is 145 Å². The van der Waals surface area contributed by atoms with Crippen molar-refractivity contribution in [3.8, 4) is 5.75 Å². The Hall–Kier alpha value is -5.10. The summed E-state index contributed by atoms with van der Waals surface area (Å²) in [7, 11) is 0. The molecule has 5 saturated heterocycles. The molecule has 74 heavy (non-hydrogen) atoms. The fraction of sp³-hybridized carbons (Fsp3) is 0.621. The quantitative estimate of drug-likeness (QED) is 0.0261. The van der Waals surface area contributed by atoms with Crippen LogP contribution in [0.4, 0.5) is 10.5 Å². The summed E-state index contributed by atoms with van der Waals surface area (Å²) in [4.78, 5) is 56.2. The standard InChI is InChI=1S/C58H84N6O10/c1-57(2,3)61-56(73)62-31-29-58(30-32-62)54(45-20-24-47(25-21-45)74-40-44-16-14-43(15-17-44)38-64-33-26-41(27-34-64)28-35-64)63(55(58)72)46-22-18-42(19-23-46)36-59-50(68)12-10-8-6-4-5-7-9-11-13-51(69)60-37-48(66)52(70)53(71)49(67)39-65/h14-25,41,48-49,52-54,65-67,70-71H,4-13,26-40H2,1-3H3,(H2-,59,60,61,68,69,73)/p+1/t41?,48-,49+,52+,53+,54?,64?/m0/s1. The van der Waals surface area contributed by atoms with Gasteiger partial charge in [0.25, 0.3) is 0 Å². The fourth-order valence-electron chi connectivity index (χ4n) is 11.5. The molecule has 5 amide bonds. The zero-order valence-corrected chi connectivity index (χ0v) is 44.2. The number of amides is 5. The summed E-state index contributed by atoms with van der Waals surface area (Å²) in [6.07, 6.45) is 6.78. The maximum Gasteiger partial charge on any atom is 0.317 e. The van der Waals surface area contributed by atoms with Crippen LogP contribution in [0.25, 0.3) is 0 Å². The molecule has 5 heterocycles. The number of piperidine rings is 4. The van der Waals surface area contributed by atoms with E-state index in [0.29, 0.717) is 51.9 Å². The summed E-state index contributed by atoms with van der Waals surface area (Å²) in [5.74, 6) is 1.50. The minimum Gasteiger partial charge on any atom is -0.489 e. The molecule has 0 aliphatic carbocycles. The Morgan fingerprint density at radius 3 is 1.80 bits per heavy atom. The van der Waals surface area contributed by atoms with Crippen molar-refractivity contribution in [2.45, 2.75) is 173 Å². The molecule has 3 aromatic carbocycles. The molecule has 16 heteroatoms. The van der Waals surface area contributed by atoms with Gasteiger partial charge in [-0.2, -0.15) is 0 Å². The Balaban J connectivity index is 0.837. The summed E-state index contributed by atoms with van der Waals surface area (Å²) in [5, 5.41) is 56.5. The first-order valence-corrected chi connectivity index (χ1v) is 27.5. The highest BCUT2D eigenvalue weighted by atomic mass is 16.5. The molecule has 5 aliphatic heterocycles. The van der Waals surface area contributed by atoms with E-state index in [9.17, 15) is 39.6 Å². The third kappa shape index (κ3) is 15.1. The summed E-state index contributed by atoms with van der Waals surface area (Å²) in [6.45, 7) is 11.7. The average molecular weight is 1030 g/mol. The van der Waals surface area contributed by atoms with E-state index < -0.39 is 36.4 Å². The van der Waals surface area contributed by atoms with E-state index in [1.165, 1.54) is 48.9 Å². The number of urea groups is 1. The van der Waals surface area contributed by atoms with Crippen molar-refractivity contribution >= 4 is 29.4 Å². The summed E-state index contributed by atoms with van der Waals surface area (Å²) in [6, 6.07) is 24.6. The van der Waals surface area contributed by atoms with Crippen molar-refractivity contribution in [2.75, 3.05) is 50.8 Å². The number of fused-ring (bicyclic) bond motifs is 3. The van der Waals surface area contributed by atoms with Gasteiger partial charge in [0.05, 0.1) is 43.8 Å². The number of carbonyl (C=O) groups is 4. The molecule has 8 rings (SSSR count). The number of hydrogen-bond acceptors (Lipinski definition) is 10. The lowest BCUT2D eigenvalue weighted by Gasteiger charge is -2.59. The third-order valence-corrected chi connectivity index (χ3v) is 16.1. The molecule has 0 saturated carbocycles. The number of β-lactam (4-membered cyclic amide) rings is 1. The van der Waals surface area contributed by atoms with Crippen LogP contribution in [-0.2, 0) is 34.1 Å². The molecule has 0 radical (unpaired) electrons. The molecule has 1 unspecified atom stereocenters. The van der Waals surface area contributed by atoms with Gasteiger partial charge < -0.3 is 60.5 Å². The summed E-state index contributed by atoms with van der Waals surface area (Å²) >= 11 is 0. The van der Waals surface area contributed by atoms with Gasteiger partial charge in [0.1, 0.15) is 37.2 Å². The number of ether oxygens (including phenoxy) is 1.